The molecule has 0 atom stereocenters. The number of alkyl halides is 1. The third-order valence-corrected chi connectivity index (χ3v) is 7.08. The Morgan fingerprint density at radius 1 is 0.867 bits per heavy atom. The number of sulfonamides is 1. The third-order valence-electron chi connectivity index (χ3n) is 5.47. The van der Waals surface area contributed by atoms with Crippen LogP contribution in [0.1, 0.15) is 30.4 Å². The smallest absolute Gasteiger partial charge is 0.210 e. The minimum Gasteiger partial charge on any atom is -0.210 e. The fourth-order valence-electron chi connectivity index (χ4n) is 3.60. The van der Waals surface area contributed by atoms with Gasteiger partial charge in [0.15, 0.2) is 28.2 Å². The molecular weight excluding hydrogens is 449 g/mol. The molecule has 1 fully saturated rings. The van der Waals surface area contributed by atoms with E-state index in [1.165, 1.54) is 0 Å². The van der Waals surface area contributed by atoms with Crippen LogP contribution in [0.3, 0.4) is 0 Å². The van der Waals surface area contributed by atoms with Crippen LogP contribution >= 0.6 is 11.6 Å². The maximum absolute atomic E-state index is 13.9. The summed E-state index contributed by atoms with van der Waals surface area (Å²) in [4.78, 5) is -1.86. The molecule has 0 heterocycles. The van der Waals surface area contributed by atoms with E-state index < -0.39 is 49.4 Å². The number of aryl methyl sites for hydroxylation is 1. The molecule has 0 unspecified atom stereocenters. The molecule has 0 amide bonds. The first-order valence-electron chi connectivity index (χ1n) is 9.25. The van der Waals surface area contributed by atoms with Crippen LogP contribution in [0.5, 0.6) is 0 Å². The fourth-order valence-corrected chi connectivity index (χ4v) is 5.11. The summed E-state index contributed by atoms with van der Waals surface area (Å²) < 4.78 is 94.6. The van der Waals surface area contributed by atoms with E-state index in [1.807, 2.05) is 29.0 Å². The lowest BCUT2D eigenvalue weighted by Crippen LogP contribution is -2.44. The van der Waals surface area contributed by atoms with E-state index in [-0.39, 0.29) is 6.54 Å². The molecule has 3 rings (SSSR count). The average Bonchev–Trinajstić information content (AvgIpc) is 2.68. The van der Waals surface area contributed by atoms with Gasteiger partial charge in [0.25, 0.3) is 0 Å². The first kappa shape index (κ1) is 23.0. The van der Waals surface area contributed by atoms with Crippen molar-refractivity contribution in [2.45, 2.75) is 37.0 Å². The van der Waals surface area contributed by atoms with Gasteiger partial charge >= 0.3 is 0 Å². The van der Waals surface area contributed by atoms with Crippen molar-refractivity contribution < 1.29 is 30.4 Å². The van der Waals surface area contributed by atoms with E-state index >= 15 is 0 Å². The summed E-state index contributed by atoms with van der Waals surface area (Å²) in [5, 5.41) is 0. The second-order valence-corrected chi connectivity index (χ2v) is 9.59. The molecule has 164 valence electrons. The Kier molecular flexibility index (Phi) is 6.74. The molecule has 30 heavy (non-hydrogen) atoms. The predicted octanol–water partition coefficient (Wildman–Crippen LogP) is 4.85. The van der Waals surface area contributed by atoms with E-state index in [0.29, 0.717) is 31.6 Å². The summed E-state index contributed by atoms with van der Waals surface area (Å²) in [5.41, 5.74) is 1.51. The van der Waals surface area contributed by atoms with Crippen molar-refractivity contribution in [3.05, 3.63) is 64.5 Å². The molecule has 2 aromatic rings. The SMILES string of the molecule is O=S(=O)(NCC1(Cc2ccc(CCCl)cc2)CCC1)c1c(F)c(F)c(F)c(F)c1F. The van der Waals surface area contributed by atoms with Crippen LogP contribution in [-0.4, -0.2) is 20.8 Å². The van der Waals surface area contributed by atoms with Gasteiger partial charge in [0.2, 0.25) is 15.8 Å². The van der Waals surface area contributed by atoms with Gasteiger partial charge in [-0.1, -0.05) is 30.7 Å². The van der Waals surface area contributed by atoms with Gasteiger partial charge in [-0.2, -0.15) is 0 Å². The van der Waals surface area contributed by atoms with Crippen LogP contribution in [0.4, 0.5) is 22.0 Å². The largest absolute Gasteiger partial charge is 0.246 e. The van der Waals surface area contributed by atoms with Gasteiger partial charge in [0, 0.05) is 12.4 Å². The highest BCUT2D eigenvalue weighted by Crippen LogP contribution is 2.43. The highest BCUT2D eigenvalue weighted by molar-refractivity contribution is 7.89. The van der Waals surface area contributed by atoms with Crippen LogP contribution in [0.15, 0.2) is 29.2 Å². The number of benzene rings is 2. The zero-order valence-corrected chi connectivity index (χ0v) is 17.3. The molecule has 0 saturated heterocycles. The van der Waals surface area contributed by atoms with Crippen molar-refractivity contribution in [2.75, 3.05) is 12.4 Å². The van der Waals surface area contributed by atoms with Crippen LogP contribution < -0.4 is 4.72 Å². The number of hydrogen-bond donors (Lipinski definition) is 1. The van der Waals surface area contributed by atoms with Crippen molar-refractivity contribution in [1.29, 1.82) is 0 Å². The molecule has 1 aliphatic carbocycles. The second kappa shape index (κ2) is 8.80. The quantitative estimate of drug-likeness (QED) is 0.261. The van der Waals surface area contributed by atoms with Gasteiger partial charge < -0.3 is 0 Å². The molecule has 1 N–H and O–H groups in total. The Labute approximate surface area is 176 Å². The van der Waals surface area contributed by atoms with Crippen LogP contribution in [0.2, 0.25) is 0 Å². The number of halogens is 6. The number of rotatable bonds is 8. The topological polar surface area (TPSA) is 46.2 Å². The van der Waals surface area contributed by atoms with Gasteiger partial charge in [0.1, 0.15) is 0 Å². The summed E-state index contributed by atoms with van der Waals surface area (Å²) in [7, 11) is -4.96. The summed E-state index contributed by atoms with van der Waals surface area (Å²) in [6, 6.07) is 7.65. The monoisotopic (exact) mass is 467 g/mol. The van der Waals surface area contributed by atoms with E-state index in [2.05, 4.69) is 0 Å². The molecule has 0 aromatic heterocycles. The number of nitrogens with one attached hydrogen (secondary N) is 1. The van der Waals surface area contributed by atoms with Gasteiger partial charge in [-0.05, 0) is 42.2 Å². The minimum atomic E-state index is -4.96. The Balaban J connectivity index is 1.79. The molecular formula is C20H19ClF5NO2S. The molecule has 10 heteroatoms. The zero-order chi connectivity index (χ0) is 22.1. The summed E-state index contributed by atoms with van der Waals surface area (Å²) in [6.45, 7) is -0.182. The van der Waals surface area contributed by atoms with Gasteiger partial charge in [-0.25, -0.2) is 35.1 Å². The van der Waals surface area contributed by atoms with Crippen LogP contribution in [0, 0.1) is 34.5 Å². The van der Waals surface area contributed by atoms with Crippen LogP contribution in [0.25, 0.3) is 0 Å². The molecule has 1 saturated carbocycles. The highest BCUT2D eigenvalue weighted by Gasteiger charge is 2.40. The molecule has 2 aromatic carbocycles. The number of hydrogen-bond acceptors (Lipinski definition) is 2. The maximum atomic E-state index is 13.9. The maximum Gasteiger partial charge on any atom is 0.246 e. The first-order valence-corrected chi connectivity index (χ1v) is 11.3. The Hall–Kier alpha value is -1.71. The van der Waals surface area contributed by atoms with E-state index in [9.17, 15) is 30.4 Å². The van der Waals surface area contributed by atoms with Crippen LogP contribution in [-0.2, 0) is 22.9 Å². The Bertz CT molecular complexity index is 1010. The molecule has 0 aliphatic heterocycles. The van der Waals surface area contributed by atoms with Gasteiger partial charge in [0.05, 0.1) is 0 Å². The normalized spacial score (nSPS) is 15.8. The highest BCUT2D eigenvalue weighted by atomic mass is 35.5. The summed E-state index contributed by atoms with van der Waals surface area (Å²) >= 11 is 5.71. The Morgan fingerprint density at radius 2 is 1.37 bits per heavy atom. The molecule has 1 aliphatic rings. The van der Waals surface area contributed by atoms with E-state index in [0.717, 1.165) is 17.5 Å². The zero-order valence-electron chi connectivity index (χ0n) is 15.8. The summed E-state index contributed by atoms with van der Waals surface area (Å²) in [5.74, 6) is -11.3. The fraction of sp³-hybridized carbons (Fsp3) is 0.400. The van der Waals surface area contributed by atoms with Gasteiger partial charge in [-0.15, -0.1) is 11.6 Å². The Morgan fingerprint density at radius 3 is 1.83 bits per heavy atom. The van der Waals surface area contributed by atoms with Crippen molar-refractivity contribution in [1.82, 2.24) is 4.72 Å². The summed E-state index contributed by atoms with van der Waals surface area (Å²) in [6.07, 6.45) is 3.39. The van der Waals surface area contributed by atoms with Crippen molar-refractivity contribution in [3.63, 3.8) is 0 Å². The lowest BCUT2D eigenvalue weighted by Gasteiger charge is -2.42. The van der Waals surface area contributed by atoms with Gasteiger partial charge in [-0.3, -0.25) is 0 Å². The molecule has 0 spiro atoms. The van der Waals surface area contributed by atoms with Crippen molar-refractivity contribution in [3.8, 4) is 0 Å². The third kappa shape index (κ3) is 4.48. The van der Waals surface area contributed by atoms with E-state index in [4.69, 9.17) is 11.6 Å². The predicted molar refractivity (Wildman–Crippen MR) is 102 cm³/mol. The average molecular weight is 468 g/mol. The lowest BCUT2D eigenvalue weighted by molar-refractivity contribution is 0.139. The van der Waals surface area contributed by atoms with E-state index in [1.54, 1.807) is 0 Å². The molecule has 0 radical (unpaired) electrons. The standard InChI is InChI=1S/C20H19ClF5NO2S/c21-9-6-12-2-4-13(5-3-12)10-20(7-1-8-20)11-27-30(28,29)19-17(25)15(23)14(22)16(24)18(19)26/h2-5,27H,1,6-11H2. The lowest BCUT2D eigenvalue weighted by atomic mass is 9.65. The molecule has 0 bridgehead atoms. The van der Waals surface area contributed by atoms with Crippen molar-refractivity contribution in [2.24, 2.45) is 5.41 Å². The van der Waals surface area contributed by atoms with Crippen molar-refractivity contribution >= 4 is 21.6 Å². The first-order chi connectivity index (χ1) is 14.1. The minimum absolute atomic E-state index is 0.182. The molecule has 3 nitrogen and oxygen atoms in total. The second-order valence-electron chi connectivity index (χ2n) is 7.51.